The van der Waals surface area contributed by atoms with Gasteiger partial charge in [0.15, 0.2) is 6.61 Å². The molecular formula is C25H25N3O6. The maximum atomic E-state index is 12.7. The van der Waals surface area contributed by atoms with Crippen LogP contribution in [-0.2, 0) is 39.1 Å². The SMILES string of the molecule is Cn1cccc1C(=O)NC(=O)COC(=O)[C@H](Cc1ccccc1)NC(=O)OCc1ccccc1. The van der Waals surface area contributed by atoms with Gasteiger partial charge >= 0.3 is 12.1 Å². The number of aryl methyl sites for hydroxylation is 1. The van der Waals surface area contributed by atoms with Gasteiger partial charge < -0.3 is 19.4 Å². The summed E-state index contributed by atoms with van der Waals surface area (Å²) in [5.41, 5.74) is 1.85. The van der Waals surface area contributed by atoms with E-state index in [-0.39, 0.29) is 18.7 Å². The lowest BCUT2D eigenvalue weighted by molar-refractivity contribution is -0.150. The minimum absolute atomic E-state index is 0.0312. The van der Waals surface area contributed by atoms with Gasteiger partial charge in [0.25, 0.3) is 11.8 Å². The van der Waals surface area contributed by atoms with E-state index in [1.165, 1.54) is 0 Å². The molecule has 9 heteroatoms. The number of imide groups is 1. The maximum absolute atomic E-state index is 12.7. The van der Waals surface area contributed by atoms with Crippen molar-refractivity contribution >= 4 is 23.9 Å². The molecule has 1 heterocycles. The zero-order valence-electron chi connectivity index (χ0n) is 18.6. The number of carbonyl (C=O) groups excluding carboxylic acids is 4. The highest BCUT2D eigenvalue weighted by Crippen LogP contribution is 2.07. The number of carbonyl (C=O) groups is 4. The molecule has 0 radical (unpaired) electrons. The van der Waals surface area contributed by atoms with Gasteiger partial charge in [-0.3, -0.25) is 14.9 Å². The minimum atomic E-state index is -1.10. The van der Waals surface area contributed by atoms with Gasteiger partial charge in [0.1, 0.15) is 18.3 Å². The topological polar surface area (TPSA) is 116 Å². The van der Waals surface area contributed by atoms with Gasteiger partial charge in [-0.1, -0.05) is 60.7 Å². The lowest BCUT2D eigenvalue weighted by Crippen LogP contribution is -2.45. The number of amides is 3. The Bertz CT molecular complexity index is 1130. The monoisotopic (exact) mass is 463 g/mol. The van der Waals surface area contributed by atoms with Gasteiger partial charge in [0, 0.05) is 19.7 Å². The van der Waals surface area contributed by atoms with Gasteiger partial charge in [-0.25, -0.2) is 9.59 Å². The number of benzene rings is 2. The lowest BCUT2D eigenvalue weighted by Gasteiger charge is -2.18. The summed E-state index contributed by atoms with van der Waals surface area (Å²) in [6, 6.07) is 20.2. The molecule has 34 heavy (non-hydrogen) atoms. The largest absolute Gasteiger partial charge is 0.454 e. The van der Waals surface area contributed by atoms with Crippen LogP contribution in [-0.4, -0.2) is 41.1 Å². The number of hydrogen-bond donors (Lipinski definition) is 2. The van der Waals surface area contributed by atoms with Crippen LogP contribution in [0.5, 0.6) is 0 Å². The van der Waals surface area contributed by atoms with E-state index in [1.54, 1.807) is 66.3 Å². The Hall–Kier alpha value is -4.40. The maximum Gasteiger partial charge on any atom is 0.408 e. The molecule has 0 aliphatic heterocycles. The van der Waals surface area contributed by atoms with E-state index in [9.17, 15) is 19.2 Å². The summed E-state index contributed by atoms with van der Waals surface area (Å²) in [7, 11) is 1.66. The van der Waals surface area contributed by atoms with Crippen molar-refractivity contribution in [1.82, 2.24) is 15.2 Å². The van der Waals surface area contributed by atoms with Crippen LogP contribution < -0.4 is 10.6 Å². The van der Waals surface area contributed by atoms with Crippen molar-refractivity contribution in [2.24, 2.45) is 7.05 Å². The number of nitrogens with zero attached hydrogens (tertiary/aromatic N) is 1. The van der Waals surface area contributed by atoms with E-state index in [1.807, 2.05) is 24.3 Å². The number of nitrogens with one attached hydrogen (secondary N) is 2. The fraction of sp³-hybridized carbons (Fsp3) is 0.200. The van der Waals surface area contributed by atoms with E-state index in [4.69, 9.17) is 9.47 Å². The highest BCUT2D eigenvalue weighted by Gasteiger charge is 2.25. The Kier molecular flexibility index (Phi) is 8.56. The first kappa shape index (κ1) is 24.2. The predicted molar refractivity (Wildman–Crippen MR) is 123 cm³/mol. The molecule has 1 aromatic heterocycles. The van der Waals surface area contributed by atoms with E-state index < -0.39 is 36.5 Å². The molecule has 0 unspecified atom stereocenters. The molecule has 3 rings (SSSR count). The lowest BCUT2D eigenvalue weighted by atomic mass is 10.1. The second-order valence-corrected chi connectivity index (χ2v) is 7.44. The summed E-state index contributed by atoms with van der Waals surface area (Å²) in [5.74, 6) is -2.23. The summed E-state index contributed by atoms with van der Waals surface area (Å²) in [5, 5.41) is 4.65. The third-order valence-corrected chi connectivity index (χ3v) is 4.85. The highest BCUT2D eigenvalue weighted by atomic mass is 16.6. The Labute approximate surface area is 196 Å². The first-order chi connectivity index (χ1) is 16.4. The van der Waals surface area contributed by atoms with Crippen LogP contribution in [0.1, 0.15) is 21.6 Å². The van der Waals surface area contributed by atoms with E-state index in [2.05, 4.69) is 10.6 Å². The van der Waals surface area contributed by atoms with Gasteiger partial charge in [-0.2, -0.15) is 0 Å². The molecule has 0 aliphatic rings. The summed E-state index contributed by atoms with van der Waals surface area (Å²) < 4.78 is 11.8. The van der Waals surface area contributed by atoms with Crippen LogP contribution >= 0.6 is 0 Å². The minimum Gasteiger partial charge on any atom is -0.454 e. The highest BCUT2D eigenvalue weighted by molar-refractivity contribution is 6.04. The third-order valence-electron chi connectivity index (χ3n) is 4.85. The number of rotatable bonds is 9. The van der Waals surface area contributed by atoms with Crippen LogP contribution in [0.4, 0.5) is 4.79 Å². The second kappa shape index (κ2) is 12.0. The van der Waals surface area contributed by atoms with Crippen molar-refractivity contribution < 1.29 is 28.7 Å². The van der Waals surface area contributed by atoms with E-state index in [0.29, 0.717) is 0 Å². The molecule has 2 aromatic carbocycles. The fourth-order valence-electron chi connectivity index (χ4n) is 3.11. The molecule has 0 saturated heterocycles. The molecule has 0 fully saturated rings. The third kappa shape index (κ3) is 7.33. The standard InChI is InChI=1S/C25H25N3O6/c1-28-14-8-13-21(28)23(30)27-22(29)17-33-24(31)20(15-18-9-4-2-5-10-18)26-25(32)34-16-19-11-6-3-7-12-19/h2-14,20H,15-17H2,1H3,(H,26,32)(H,27,29,30)/t20-/m0/s1. The van der Waals surface area contributed by atoms with Crippen LogP contribution in [0, 0.1) is 0 Å². The van der Waals surface area contributed by atoms with Crippen molar-refractivity contribution in [3.8, 4) is 0 Å². The Morgan fingerprint density at radius 3 is 2.12 bits per heavy atom. The Morgan fingerprint density at radius 1 is 0.853 bits per heavy atom. The van der Waals surface area contributed by atoms with Gasteiger partial charge in [0.05, 0.1) is 0 Å². The Balaban J connectivity index is 1.56. The van der Waals surface area contributed by atoms with Gasteiger partial charge in [-0.15, -0.1) is 0 Å². The molecule has 0 aliphatic carbocycles. The molecular weight excluding hydrogens is 438 g/mol. The summed E-state index contributed by atoms with van der Waals surface area (Å²) in [6.07, 6.45) is 0.991. The Morgan fingerprint density at radius 2 is 1.50 bits per heavy atom. The summed E-state index contributed by atoms with van der Waals surface area (Å²) >= 11 is 0. The molecule has 3 amide bonds. The molecule has 2 N–H and O–H groups in total. The van der Waals surface area contributed by atoms with E-state index in [0.717, 1.165) is 11.1 Å². The van der Waals surface area contributed by atoms with Crippen molar-refractivity contribution in [1.29, 1.82) is 0 Å². The first-order valence-electron chi connectivity index (χ1n) is 10.6. The second-order valence-electron chi connectivity index (χ2n) is 7.44. The molecule has 1 atom stereocenters. The fourth-order valence-corrected chi connectivity index (χ4v) is 3.11. The quantitative estimate of drug-likeness (QED) is 0.471. The summed E-state index contributed by atoms with van der Waals surface area (Å²) in [4.78, 5) is 49.2. The molecule has 9 nitrogen and oxygen atoms in total. The number of esters is 1. The summed E-state index contributed by atoms with van der Waals surface area (Å²) in [6.45, 7) is -0.648. The van der Waals surface area contributed by atoms with Gasteiger partial charge in [-0.05, 0) is 23.3 Å². The van der Waals surface area contributed by atoms with Crippen molar-refractivity contribution in [2.75, 3.05) is 6.61 Å². The molecule has 0 spiro atoms. The van der Waals surface area contributed by atoms with Gasteiger partial charge in [0.2, 0.25) is 0 Å². The van der Waals surface area contributed by atoms with Crippen molar-refractivity contribution in [3.05, 3.63) is 95.8 Å². The molecule has 0 bridgehead atoms. The van der Waals surface area contributed by atoms with Crippen molar-refractivity contribution in [3.63, 3.8) is 0 Å². The normalized spacial score (nSPS) is 11.2. The average Bonchev–Trinajstić information content (AvgIpc) is 3.28. The predicted octanol–water partition coefficient (Wildman–Crippen LogP) is 2.36. The molecule has 176 valence electrons. The van der Waals surface area contributed by atoms with Crippen LogP contribution in [0.25, 0.3) is 0 Å². The van der Waals surface area contributed by atoms with E-state index >= 15 is 0 Å². The van der Waals surface area contributed by atoms with Crippen molar-refractivity contribution in [2.45, 2.75) is 19.1 Å². The number of aromatic nitrogens is 1. The zero-order valence-corrected chi connectivity index (χ0v) is 18.6. The first-order valence-corrected chi connectivity index (χ1v) is 10.6. The number of hydrogen-bond acceptors (Lipinski definition) is 6. The van der Waals surface area contributed by atoms with Crippen LogP contribution in [0.3, 0.4) is 0 Å². The molecule has 0 saturated carbocycles. The smallest absolute Gasteiger partial charge is 0.408 e. The number of ether oxygens (including phenoxy) is 2. The van der Waals surface area contributed by atoms with Crippen LogP contribution in [0.15, 0.2) is 79.0 Å². The zero-order chi connectivity index (χ0) is 24.3. The number of alkyl carbamates (subject to hydrolysis) is 1. The molecule has 3 aromatic rings. The van der Waals surface area contributed by atoms with Crippen LogP contribution in [0.2, 0.25) is 0 Å². The average molecular weight is 463 g/mol.